The Morgan fingerprint density at radius 1 is 1.18 bits per heavy atom. The molecule has 1 fully saturated rings. The Morgan fingerprint density at radius 2 is 2.00 bits per heavy atom. The van der Waals surface area contributed by atoms with Crippen LogP contribution in [0, 0.1) is 11.2 Å². The second-order valence-electron chi connectivity index (χ2n) is 5.32. The van der Waals surface area contributed by atoms with Gasteiger partial charge in [-0.3, -0.25) is 0 Å². The van der Waals surface area contributed by atoms with Gasteiger partial charge < -0.3 is 10.1 Å². The molecular weight excluding hydrogens is 217 g/mol. The molecule has 1 spiro atoms. The highest BCUT2D eigenvalue weighted by Crippen LogP contribution is 2.41. The maximum absolute atomic E-state index is 13.6. The summed E-state index contributed by atoms with van der Waals surface area (Å²) in [5, 5.41) is 3.36. The van der Waals surface area contributed by atoms with Crippen LogP contribution in [-0.2, 0) is 0 Å². The summed E-state index contributed by atoms with van der Waals surface area (Å²) in [6, 6.07) is 5.07. The molecule has 2 nitrogen and oxygen atoms in total. The molecule has 0 bridgehead atoms. The maximum atomic E-state index is 13.6. The molecule has 1 aliphatic heterocycles. The van der Waals surface area contributed by atoms with Crippen LogP contribution >= 0.6 is 0 Å². The number of para-hydroxylation sites is 1. The van der Waals surface area contributed by atoms with Crippen molar-refractivity contribution in [1.29, 1.82) is 0 Å². The average Bonchev–Trinajstić information content (AvgIpc) is 2.53. The quantitative estimate of drug-likeness (QED) is 0.742. The highest BCUT2D eigenvalue weighted by atomic mass is 19.1. The summed E-state index contributed by atoms with van der Waals surface area (Å²) >= 11 is 0. The van der Waals surface area contributed by atoms with E-state index in [0.29, 0.717) is 12.4 Å². The van der Waals surface area contributed by atoms with E-state index in [1.54, 1.807) is 6.07 Å². The first-order chi connectivity index (χ1) is 8.29. The molecule has 1 aromatic rings. The summed E-state index contributed by atoms with van der Waals surface area (Å²) in [5.74, 6) is 0.137. The van der Waals surface area contributed by atoms with Gasteiger partial charge in [0, 0.05) is 12.0 Å². The molecule has 0 radical (unpaired) electrons. The summed E-state index contributed by atoms with van der Waals surface area (Å²) in [6.07, 6.45) is 6.24. The Morgan fingerprint density at radius 3 is 2.82 bits per heavy atom. The second-order valence-corrected chi connectivity index (χ2v) is 5.32. The van der Waals surface area contributed by atoms with Crippen molar-refractivity contribution >= 4 is 5.69 Å². The first-order valence-electron chi connectivity index (χ1n) is 6.44. The van der Waals surface area contributed by atoms with Gasteiger partial charge in [-0.05, 0) is 25.0 Å². The Bertz CT molecular complexity index is 413. The minimum Gasteiger partial charge on any atom is -0.488 e. The van der Waals surface area contributed by atoms with E-state index in [-0.39, 0.29) is 11.2 Å². The van der Waals surface area contributed by atoms with Crippen LogP contribution in [0.3, 0.4) is 0 Å². The molecule has 0 amide bonds. The van der Waals surface area contributed by atoms with E-state index in [4.69, 9.17) is 4.74 Å². The zero-order valence-corrected chi connectivity index (χ0v) is 9.97. The van der Waals surface area contributed by atoms with E-state index in [1.807, 2.05) is 6.07 Å². The van der Waals surface area contributed by atoms with Gasteiger partial charge in [0.2, 0.25) is 0 Å². The van der Waals surface area contributed by atoms with Crippen LogP contribution in [0.25, 0.3) is 0 Å². The normalized spacial score (nSPS) is 22.2. The van der Waals surface area contributed by atoms with Gasteiger partial charge in [0.1, 0.15) is 0 Å². The molecular formula is C14H18FNO. The van der Waals surface area contributed by atoms with Gasteiger partial charge >= 0.3 is 0 Å². The van der Waals surface area contributed by atoms with Crippen molar-refractivity contribution in [3.63, 3.8) is 0 Å². The fourth-order valence-corrected chi connectivity index (χ4v) is 2.98. The lowest BCUT2D eigenvalue weighted by Crippen LogP contribution is -2.36. The number of halogens is 1. The number of ether oxygens (including phenoxy) is 1. The predicted molar refractivity (Wildman–Crippen MR) is 65.9 cm³/mol. The molecule has 1 aromatic carbocycles. The minimum atomic E-state index is -0.261. The molecule has 1 aliphatic carbocycles. The van der Waals surface area contributed by atoms with E-state index in [2.05, 4.69) is 5.32 Å². The summed E-state index contributed by atoms with van der Waals surface area (Å²) in [7, 11) is 0. The number of fused-ring (bicyclic) bond motifs is 1. The van der Waals surface area contributed by atoms with Crippen molar-refractivity contribution in [1.82, 2.24) is 0 Å². The fourth-order valence-electron chi connectivity index (χ4n) is 2.98. The van der Waals surface area contributed by atoms with E-state index >= 15 is 0 Å². The van der Waals surface area contributed by atoms with Crippen molar-refractivity contribution in [2.45, 2.75) is 32.1 Å². The van der Waals surface area contributed by atoms with Crippen LogP contribution in [0.2, 0.25) is 0 Å². The Kier molecular flexibility index (Phi) is 2.69. The molecule has 0 unspecified atom stereocenters. The summed E-state index contributed by atoms with van der Waals surface area (Å²) in [5.41, 5.74) is 1.01. The highest BCUT2D eigenvalue weighted by Gasteiger charge is 2.35. The van der Waals surface area contributed by atoms with Gasteiger partial charge in [0.05, 0.1) is 12.3 Å². The molecule has 1 heterocycles. The number of nitrogens with one attached hydrogen (secondary N) is 1. The van der Waals surface area contributed by atoms with E-state index in [0.717, 1.165) is 12.2 Å². The van der Waals surface area contributed by atoms with Crippen LogP contribution in [-0.4, -0.2) is 13.2 Å². The van der Waals surface area contributed by atoms with Crippen LogP contribution in [0.4, 0.5) is 10.1 Å². The third-order valence-corrected chi connectivity index (χ3v) is 4.06. The van der Waals surface area contributed by atoms with E-state index in [1.165, 1.54) is 38.2 Å². The first-order valence-corrected chi connectivity index (χ1v) is 6.44. The van der Waals surface area contributed by atoms with Crippen molar-refractivity contribution in [2.24, 2.45) is 5.41 Å². The van der Waals surface area contributed by atoms with E-state index in [9.17, 15) is 4.39 Å². The van der Waals surface area contributed by atoms with Gasteiger partial charge in [-0.2, -0.15) is 0 Å². The molecule has 92 valence electrons. The number of hydrogen-bond donors (Lipinski definition) is 1. The molecule has 1 N–H and O–H groups in total. The minimum absolute atomic E-state index is 0.212. The van der Waals surface area contributed by atoms with Crippen LogP contribution in [0.15, 0.2) is 18.2 Å². The van der Waals surface area contributed by atoms with Crippen LogP contribution in [0.5, 0.6) is 5.75 Å². The third kappa shape index (κ3) is 1.99. The molecule has 0 aromatic heterocycles. The molecule has 17 heavy (non-hydrogen) atoms. The Labute approximate surface area is 101 Å². The molecule has 3 heteroatoms. The van der Waals surface area contributed by atoms with Gasteiger partial charge in [0.25, 0.3) is 0 Å². The SMILES string of the molecule is Fc1cccc2c1OCC1(CCCCC1)CN2. The lowest BCUT2D eigenvalue weighted by molar-refractivity contribution is 0.113. The third-order valence-electron chi connectivity index (χ3n) is 4.06. The second kappa shape index (κ2) is 4.21. The number of benzene rings is 1. The summed E-state index contributed by atoms with van der Waals surface area (Å²) < 4.78 is 19.4. The van der Waals surface area contributed by atoms with Gasteiger partial charge in [-0.25, -0.2) is 4.39 Å². The maximum Gasteiger partial charge on any atom is 0.178 e. The highest BCUT2D eigenvalue weighted by molar-refractivity contribution is 5.57. The fraction of sp³-hybridized carbons (Fsp3) is 0.571. The van der Waals surface area contributed by atoms with Crippen molar-refractivity contribution < 1.29 is 9.13 Å². The standard InChI is InChI=1S/C14H18FNO/c15-11-5-4-6-12-13(11)17-10-14(9-16-12)7-2-1-3-8-14/h4-6,16H,1-3,7-10H2. The molecule has 2 aliphatic rings. The zero-order valence-electron chi connectivity index (χ0n) is 9.97. The van der Waals surface area contributed by atoms with Gasteiger partial charge in [-0.1, -0.05) is 25.3 Å². The number of rotatable bonds is 0. The van der Waals surface area contributed by atoms with Gasteiger partial charge in [-0.15, -0.1) is 0 Å². The van der Waals surface area contributed by atoms with Crippen molar-refractivity contribution in [2.75, 3.05) is 18.5 Å². The topological polar surface area (TPSA) is 21.3 Å². The van der Waals surface area contributed by atoms with Crippen molar-refractivity contribution in [3.8, 4) is 5.75 Å². The molecule has 0 saturated heterocycles. The van der Waals surface area contributed by atoms with Crippen LogP contribution in [0.1, 0.15) is 32.1 Å². The Balaban J connectivity index is 1.85. The number of hydrogen-bond acceptors (Lipinski definition) is 2. The van der Waals surface area contributed by atoms with Crippen LogP contribution < -0.4 is 10.1 Å². The lowest BCUT2D eigenvalue weighted by Gasteiger charge is -2.35. The van der Waals surface area contributed by atoms with Crippen molar-refractivity contribution in [3.05, 3.63) is 24.0 Å². The zero-order chi connectivity index (χ0) is 11.7. The largest absolute Gasteiger partial charge is 0.488 e. The predicted octanol–water partition coefficient (Wildman–Crippen LogP) is 3.58. The lowest BCUT2D eigenvalue weighted by atomic mass is 9.74. The molecule has 3 rings (SSSR count). The summed E-state index contributed by atoms with van der Waals surface area (Å²) in [6.45, 7) is 1.55. The summed E-state index contributed by atoms with van der Waals surface area (Å²) in [4.78, 5) is 0. The monoisotopic (exact) mass is 235 g/mol. The van der Waals surface area contributed by atoms with Gasteiger partial charge in [0.15, 0.2) is 11.6 Å². The van der Waals surface area contributed by atoms with E-state index < -0.39 is 0 Å². The average molecular weight is 235 g/mol. The Hall–Kier alpha value is -1.25. The number of anilines is 1. The smallest absolute Gasteiger partial charge is 0.178 e. The first kappa shape index (κ1) is 10.9. The molecule has 1 saturated carbocycles. The molecule has 0 atom stereocenters.